The number of para-hydroxylation sites is 1. The van der Waals surface area contributed by atoms with Crippen molar-refractivity contribution >= 4 is 44.8 Å². The molecule has 0 saturated heterocycles. The molecule has 0 fully saturated rings. The summed E-state index contributed by atoms with van der Waals surface area (Å²) in [5.74, 6) is -1.05. The molecule has 0 saturated carbocycles. The summed E-state index contributed by atoms with van der Waals surface area (Å²) in [5.41, 5.74) is 5.79. The number of anilines is 2. The normalized spacial score (nSPS) is 10.9. The van der Waals surface area contributed by atoms with Gasteiger partial charge in [0.15, 0.2) is 0 Å². The minimum atomic E-state index is -4.12. The molecule has 0 unspecified atom stereocenters. The Morgan fingerprint density at radius 1 is 1.03 bits per heavy atom. The number of rotatable bonds is 8. The first-order valence-corrected chi connectivity index (χ1v) is 11.2. The SMILES string of the molecule is COc1ccc(N(CC(=O)Nc2ccccc2C(N)=O)S(=O)(=O)c2ccccc2)cc1Cl. The lowest BCUT2D eigenvalue weighted by Crippen LogP contribution is -2.38. The number of primary amides is 1. The highest BCUT2D eigenvalue weighted by Gasteiger charge is 2.28. The van der Waals surface area contributed by atoms with E-state index in [1.807, 2.05) is 0 Å². The number of hydrogen-bond acceptors (Lipinski definition) is 5. The lowest BCUT2D eigenvalue weighted by atomic mass is 10.1. The van der Waals surface area contributed by atoms with Gasteiger partial charge in [0.05, 0.1) is 34.0 Å². The fourth-order valence-corrected chi connectivity index (χ4v) is 4.66. The predicted molar refractivity (Wildman–Crippen MR) is 123 cm³/mol. The summed E-state index contributed by atoms with van der Waals surface area (Å²) in [6.07, 6.45) is 0. The maximum atomic E-state index is 13.4. The lowest BCUT2D eigenvalue weighted by molar-refractivity contribution is -0.114. The van der Waals surface area contributed by atoms with Crippen LogP contribution in [0.25, 0.3) is 0 Å². The first-order chi connectivity index (χ1) is 15.2. The van der Waals surface area contributed by atoms with Crippen molar-refractivity contribution in [3.63, 3.8) is 0 Å². The summed E-state index contributed by atoms with van der Waals surface area (Å²) in [7, 11) is -2.69. The molecule has 0 aliphatic carbocycles. The second kappa shape index (κ2) is 9.71. The van der Waals surface area contributed by atoms with Crippen LogP contribution in [0.4, 0.5) is 11.4 Å². The van der Waals surface area contributed by atoms with E-state index in [9.17, 15) is 18.0 Å². The number of carbonyl (C=O) groups is 2. The highest BCUT2D eigenvalue weighted by Crippen LogP contribution is 2.32. The van der Waals surface area contributed by atoms with Crippen LogP contribution in [0, 0.1) is 0 Å². The first-order valence-electron chi connectivity index (χ1n) is 9.34. The van der Waals surface area contributed by atoms with Gasteiger partial charge in [0, 0.05) is 0 Å². The van der Waals surface area contributed by atoms with Crippen molar-refractivity contribution in [1.82, 2.24) is 0 Å². The molecule has 0 aliphatic heterocycles. The van der Waals surface area contributed by atoms with Crippen molar-refractivity contribution < 1.29 is 22.7 Å². The fraction of sp³-hybridized carbons (Fsp3) is 0.0909. The van der Waals surface area contributed by atoms with Gasteiger partial charge >= 0.3 is 0 Å². The molecular formula is C22H20ClN3O5S. The summed E-state index contributed by atoms with van der Waals surface area (Å²) in [5, 5.41) is 2.73. The number of ether oxygens (including phenoxy) is 1. The summed E-state index contributed by atoms with van der Waals surface area (Å²) in [4.78, 5) is 24.5. The quantitative estimate of drug-likeness (QED) is 0.520. The second-order valence-corrected chi connectivity index (χ2v) is 8.87. The standard InChI is InChI=1S/C22H20ClN3O5S/c1-31-20-12-11-15(13-18(20)23)26(32(29,30)16-7-3-2-4-8-16)14-21(27)25-19-10-6-5-9-17(19)22(24)28/h2-13H,14H2,1H3,(H2,24,28)(H,25,27). The lowest BCUT2D eigenvalue weighted by Gasteiger charge is -2.24. The molecule has 3 N–H and O–H groups in total. The molecular weight excluding hydrogens is 454 g/mol. The molecule has 0 aliphatic rings. The van der Waals surface area contributed by atoms with E-state index in [1.165, 1.54) is 49.6 Å². The summed E-state index contributed by atoms with van der Waals surface area (Å²) in [6, 6.07) is 18.2. The third-order valence-electron chi connectivity index (χ3n) is 4.51. The first kappa shape index (κ1) is 23.1. The highest BCUT2D eigenvalue weighted by atomic mass is 35.5. The number of amides is 2. The van der Waals surface area contributed by atoms with Gasteiger partial charge in [0.2, 0.25) is 5.91 Å². The summed E-state index contributed by atoms with van der Waals surface area (Å²) >= 11 is 6.19. The molecule has 0 heterocycles. The Bertz CT molecular complexity index is 1250. The maximum absolute atomic E-state index is 13.4. The molecule has 10 heteroatoms. The smallest absolute Gasteiger partial charge is 0.264 e. The van der Waals surface area contributed by atoms with Gasteiger partial charge in [-0.15, -0.1) is 0 Å². The van der Waals surface area contributed by atoms with E-state index in [1.54, 1.807) is 30.3 Å². The Morgan fingerprint density at radius 2 is 1.69 bits per heavy atom. The minimum absolute atomic E-state index is 0.00252. The van der Waals surface area contributed by atoms with Crippen molar-refractivity contribution in [2.24, 2.45) is 5.73 Å². The van der Waals surface area contributed by atoms with E-state index in [0.29, 0.717) is 5.75 Å². The average molecular weight is 474 g/mol. The van der Waals surface area contributed by atoms with Gasteiger partial charge < -0.3 is 15.8 Å². The zero-order valence-corrected chi connectivity index (χ0v) is 18.6. The van der Waals surface area contributed by atoms with E-state index in [-0.39, 0.29) is 26.9 Å². The van der Waals surface area contributed by atoms with E-state index in [4.69, 9.17) is 22.1 Å². The van der Waals surface area contributed by atoms with Crippen LogP contribution in [0.1, 0.15) is 10.4 Å². The Morgan fingerprint density at radius 3 is 2.31 bits per heavy atom. The zero-order chi connectivity index (χ0) is 23.3. The van der Waals surface area contributed by atoms with Gasteiger partial charge in [-0.2, -0.15) is 0 Å². The molecule has 8 nitrogen and oxygen atoms in total. The minimum Gasteiger partial charge on any atom is -0.495 e. The van der Waals surface area contributed by atoms with E-state index >= 15 is 0 Å². The van der Waals surface area contributed by atoms with E-state index in [2.05, 4.69) is 5.32 Å². The average Bonchev–Trinajstić information content (AvgIpc) is 2.78. The Kier molecular flexibility index (Phi) is 7.01. The molecule has 3 aromatic carbocycles. The Balaban J connectivity index is 1.99. The number of hydrogen-bond donors (Lipinski definition) is 2. The number of nitrogens with two attached hydrogens (primary N) is 1. The van der Waals surface area contributed by atoms with Crippen molar-refractivity contribution in [1.29, 1.82) is 0 Å². The predicted octanol–water partition coefficient (Wildman–Crippen LogP) is 3.28. The van der Waals surface area contributed by atoms with Crippen molar-refractivity contribution in [2.45, 2.75) is 4.90 Å². The molecule has 3 rings (SSSR count). The van der Waals surface area contributed by atoms with Gasteiger partial charge in [-0.3, -0.25) is 13.9 Å². The molecule has 0 spiro atoms. The van der Waals surface area contributed by atoms with Gasteiger partial charge in [-0.25, -0.2) is 8.42 Å². The number of carbonyl (C=O) groups excluding carboxylic acids is 2. The molecule has 0 atom stereocenters. The van der Waals surface area contributed by atoms with Gasteiger partial charge in [0.25, 0.3) is 15.9 Å². The maximum Gasteiger partial charge on any atom is 0.264 e. The van der Waals surface area contributed by atoms with Gasteiger partial charge in [0.1, 0.15) is 12.3 Å². The van der Waals surface area contributed by atoms with Crippen LogP contribution < -0.4 is 20.1 Å². The Hall–Kier alpha value is -3.56. The van der Waals surface area contributed by atoms with Crippen LogP contribution in [0.2, 0.25) is 5.02 Å². The summed E-state index contributed by atoms with van der Waals surface area (Å²) in [6.45, 7) is -0.576. The second-order valence-electron chi connectivity index (χ2n) is 6.60. The van der Waals surface area contributed by atoms with Crippen LogP contribution >= 0.6 is 11.6 Å². The largest absolute Gasteiger partial charge is 0.495 e. The fourth-order valence-electron chi connectivity index (χ4n) is 2.97. The topological polar surface area (TPSA) is 119 Å². The molecule has 3 aromatic rings. The molecule has 0 bridgehead atoms. The molecule has 0 aromatic heterocycles. The third kappa shape index (κ3) is 5.01. The van der Waals surface area contributed by atoms with Crippen LogP contribution in [-0.4, -0.2) is 33.9 Å². The molecule has 2 amide bonds. The van der Waals surface area contributed by atoms with Crippen LogP contribution in [-0.2, 0) is 14.8 Å². The number of sulfonamides is 1. The van der Waals surface area contributed by atoms with Crippen LogP contribution in [0.15, 0.2) is 77.7 Å². The molecule has 32 heavy (non-hydrogen) atoms. The summed E-state index contributed by atoms with van der Waals surface area (Å²) < 4.78 is 32.8. The van der Waals surface area contributed by atoms with Crippen molar-refractivity contribution in [2.75, 3.05) is 23.3 Å². The van der Waals surface area contributed by atoms with Crippen molar-refractivity contribution in [3.05, 3.63) is 83.4 Å². The molecule has 0 radical (unpaired) electrons. The van der Waals surface area contributed by atoms with E-state index in [0.717, 1.165) is 4.31 Å². The van der Waals surface area contributed by atoms with Gasteiger partial charge in [-0.1, -0.05) is 41.9 Å². The van der Waals surface area contributed by atoms with E-state index < -0.39 is 28.4 Å². The Labute approximate surface area is 190 Å². The van der Waals surface area contributed by atoms with Crippen LogP contribution in [0.3, 0.4) is 0 Å². The number of nitrogens with one attached hydrogen (secondary N) is 1. The number of benzene rings is 3. The molecule has 166 valence electrons. The monoisotopic (exact) mass is 473 g/mol. The number of halogens is 1. The van der Waals surface area contributed by atoms with Gasteiger partial charge in [-0.05, 0) is 42.5 Å². The highest BCUT2D eigenvalue weighted by molar-refractivity contribution is 7.92. The third-order valence-corrected chi connectivity index (χ3v) is 6.59. The van der Waals surface area contributed by atoms with Crippen molar-refractivity contribution in [3.8, 4) is 5.75 Å². The zero-order valence-electron chi connectivity index (χ0n) is 17.0. The number of nitrogens with zero attached hydrogens (tertiary/aromatic N) is 1. The van der Waals surface area contributed by atoms with Crippen LogP contribution in [0.5, 0.6) is 5.75 Å². The number of methoxy groups -OCH3 is 1.